The second-order valence-electron chi connectivity index (χ2n) is 5.78. The van der Waals surface area contributed by atoms with Crippen molar-refractivity contribution in [2.24, 2.45) is 0 Å². The molecule has 0 radical (unpaired) electrons. The molecule has 0 spiro atoms. The fourth-order valence-corrected chi connectivity index (χ4v) is 1.96. The molecular weight excluding hydrogens is 517 g/mol. The number of aryl methyl sites for hydroxylation is 1. The third-order valence-electron chi connectivity index (χ3n) is 3.13. The van der Waals surface area contributed by atoms with E-state index in [-0.39, 0.29) is 19.0 Å². The van der Waals surface area contributed by atoms with E-state index in [1.54, 1.807) is 25.1 Å². The van der Waals surface area contributed by atoms with Gasteiger partial charge in [-0.3, -0.25) is 0 Å². The van der Waals surface area contributed by atoms with Crippen molar-refractivity contribution in [1.29, 1.82) is 0 Å². The average Bonchev–Trinajstić information content (AvgIpc) is 2.74. The topological polar surface area (TPSA) is 227 Å². The summed E-state index contributed by atoms with van der Waals surface area (Å²) in [5.74, 6) is -6.78. The van der Waals surface area contributed by atoms with Gasteiger partial charge in [0.1, 0.15) is 11.6 Å². The van der Waals surface area contributed by atoms with Crippen molar-refractivity contribution in [2.75, 3.05) is 18.5 Å². The van der Waals surface area contributed by atoms with Crippen LogP contribution in [0, 0.1) is 12.7 Å². The number of rotatable bonds is 5. The summed E-state index contributed by atoms with van der Waals surface area (Å²) in [6.45, 7) is 1.64. The zero-order valence-electron chi connectivity index (χ0n) is 16.8. The molecule has 13 nitrogen and oxygen atoms in total. The van der Waals surface area contributed by atoms with Gasteiger partial charge in [0, 0.05) is 23.9 Å². The van der Waals surface area contributed by atoms with Crippen LogP contribution in [0.25, 0.3) is 11.4 Å². The standard InChI is InChI=1S/C14H15BrFN3O2.2C2H2O4/c1-8-4-13(17-6-10(21)7-20)19-14(18-8)9-2-3-11(15)12(16)5-9;2*3-1(4)2(5)6/h2-5,10,20-21H,6-7H2,1H3,(H,17,18,19);2*(H,3,4)(H,5,6)/t10-;;/m0../s1. The number of hydrogen-bond acceptors (Lipinski definition) is 9. The van der Waals surface area contributed by atoms with Gasteiger partial charge in [-0.1, -0.05) is 0 Å². The number of carboxylic acid groups (broad SMARTS) is 4. The molecular formula is C18H19BrFN3O10. The summed E-state index contributed by atoms with van der Waals surface area (Å²) < 4.78 is 14.0. The molecule has 1 aromatic heterocycles. The molecule has 0 aliphatic rings. The molecule has 0 fully saturated rings. The predicted octanol–water partition coefficient (Wildman–Crippen LogP) is 0.430. The smallest absolute Gasteiger partial charge is 0.414 e. The molecule has 33 heavy (non-hydrogen) atoms. The van der Waals surface area contributed by atoms with Gasteiger partial charge in [0.15, 0.2) is 5.82 Å². The molecule has 0 aliphatic carbocycles. The summed E-state index contributed by atoms with van der Waals surface area (Å²) in [5.41, 5.74) is 1.27. The first-order valence-corrected chi connectivity index (χ1v) is 9.34. The lowest BCUT2D eigenvalue weighted by Crippen LogP contribution is -2.23. The van der Waals surface area contributed by atoms with Crippen molar-refractivity contribution >= 4 is 45.6 Å². The zero-order chi connectivity index (χ0) is 25.7. The van der Waals surface area contributed by atoms with E-state index in [0.717, 1.165) is 0 Å². The number of carbonyl (C=O) groups is 4. The molecule has 2 aromatic rings. The molecule has 0 bridgehead atoms. The van der Waals surface area contributed by atoms with Crippen LogP contribution < -0.4 is 5.32 Å². The number of hydrogen-bond donors (Lipinski definition) is 7. The van der Waals surface area contributed by atoms with E-state index in [1.165, 1.54) is 6.07 Å². The molecule has 0 saturated carbocycles. The van der Waals surface area contributed by atoms with Crippen LogP contribution in [-0.4, -0.2) is 83.7 Å². The van der Waals surface area contributed by atoms with Crippen LogP contribution in [0.5, 0.6) is 0 Å². The lowest BCUT2D eigenvalue weighted by Gasteiger charge is -2.11. The number of aliphatic carboxylic acids is 4. The molecule has 1 heterocycles. The predicted molar refractivity (Wildman–Crippen MR) is 112 cm³/mol. The van der Waals surface area contributed by atoms with Crippen LogP contribution in [0.3, 0.4) is 0 Å². The fraction of sp³-hybridized carbons (Fsp3) is 0.222. The third-order valence-corrected chi connectivity index (χ3v) is 3.77. The van der Waals surface area contributed by atoms with Gasteiger partial charge in [-0.2, -0.15) is 0 Å². The maximum atomic E-state index is 13.6. The first-order valence-electron chi connectivity index (χ1n) is 8.54. The largest absolute Gasteiger partial charge is 0.473 e. The molecule has 0 saturated heterocycles. The van der Waals surface area contributed by atoms with Gasteiger partial charge >= 0.3 is 23.9 Å². The summed E-state index contributed by atoms with van der Waals surface area (Å²) in [5, 5.41) is 50.6. The normalized spacial score (nSPS) is 10.5. The fourth-order valence-electron chi connectivity index (χ4n) is 1.71. The highest BCUT2D eigenvalue weighted by Crippen LogP contribution is 2.23. The SMILES string of the molecule is Cc1cc(NC[C@H](O)CO)nc(-c2ccc(Br)c(F)c2)n1.O=C(O)C(=O)O.O=C(O)C(=O)O. The molecule has 0 amide bonds. The molecule has 0 unspecified atom stereocenters. The molecule has 0 aliphatic heterocycles. The van der Waals surface area contributed by atoms with Crippen LogP contribution >= 0.6 is 15.9 Å². The highest BCUT2D eigenvalue weighted by Gasteiger charge is 2.09. The number of halogens is 2. The molecule has 180 valence electrons. The Kier molecular flexibility index (Phi) is 12.8. The first kappa shape index (κ1) is 29.3. The van der Waals surface area contributed by atoms with Gasteiger partial charge < -0.3 is 36.0 Å². The molecule has 7 N–H and O–H groups in total. The number of nitrogens with one attached hydrogen (secondary N) is 1. The highest BCUT2D eigenvalue weighted by atomic mass is 79.9. The number of aliphatic hydroxyl groups excluding tert-OH is 2. The van der Waals surface area contributed by atoms with Crippen LogP contribution in [0.2, 0.25) is 0 Å². The zero-order valence-corrected chi connectivity index (χ0v) is 18.4. The highest BCUT2D eigenvalue weighted by molar-refractivity contribution is 9.10. The summed E-state index contributed by atoms with van der Waals surface area (Å²) in [7, 11) is 0. The number of anilines is 1. The van der Waals surface area contributed by atoms with Crippen molar-refractivity contribution < 1.29 is 54.2 Å². The number of nitrogens with zero attached hydrogens (tertiary/aromatic N) is 2. The Balaban J connectivity index is 0.000000705. The number of benzene rings is 1. The van der Waals surface area contributed by atoms with Gasteiger partial charge in [-0.25, -0.2) is 33.5 Å². The Morgan fingerprint density at radius 3 is 1.94 bits per heavy atom. The van der Waals surface area contributed by atoms with Crippen molar-refractivity contribution in [3.63, 3.8) is 0 Å². The van der Waals surface area contributed by atoms with Gasteiger partial charge in [-0.15, -0.1) is 0 Å². The molecule has 2 rings (SSSR count). The number of carboxylic acids is 4. The maximum Gasteiger partial charge on any atom is 0.414 e. The van der Waals surface area contributed by atoms with Crippen molar-refractivity contribution in [1.82, 2.24) is 9.97 Å². The van der Waals surface area contributed by atoms with Crippen LogP contribution in [0.4, 0.5) is 10.2 Å². The van der Waals surface area contributed by atoms with Gasteiger partial charge in [-0.05, 0) is 41.1 Å². The Morgan fingerprint density at radius 1 is 1.00 bits per heavy atom. The maximum absolute atomic E-state index is 13.6. The van der Waals surface area contributed by atoms with E-state index in [4.69, 9.17) is 44.7 Å². The second kappa shape index (κ2) is 14.4. The van der Waals surface area contributed by atoms with Gasteiger partial charge in [0.2, 0.25) is 0 Å². The third kappa shape index (κ3) is 12.1. The van der Waals surface area contributed by atoms with Crippen LogP contribution in [0.15, 0.2) is 28.7 Å². The quantitative estimate of drug-likeness (QED) is 0.258. The number of aromatic nitrogens is 2. The van der Waals surface area contributed by atoms with Crippen molar-refractivity contribution in [3.8, 4) is 11.4 Å². The lowest BCUT2D eigenvalue weighted by atomic mass is 10.2. The summed E-state index contributed by atoms with van der Waals surface area (Å²) in [6, 6.07) is 6.38. The van der Waals surface area contributed by atoms with Crippen molar-refractivity contribution in [3.05, 3.63) is 40.2 Å². The first-order chi connectivity index (χ1) is 15.3. The Morgan fingerprint density at radius 2 is 1.52 bits per heavy atom. The van der Waals surface area contributed by atoms with E-state index < -0.39 is 30.0 Å². The molecule has 1 aromatic carbocycles. The Bertz CT molecular complexity index is 957. The summed E-state index contributed by atoms with van der Waals surface area (Å²) in [6.07, 6.45) is -0.867. The Labute approximate surface area is 193 Å². The minimum absolute atomic E-state index is 0.168. The average molecular weight is 536 g/mol. The second-order valence-corrected chi connectivity index (χ2v) is 6.64. The minimum atomic E-state index is -1.82. The lowest BCUT2D eigenvalue weighted by molar-refractivity contribution is -0.159. The van der Waals surface area contributed by atoms with Crippen LogP contribution in [0.1, 0.15) is 5.69 Å². The molecule has 1 atom stereocenters. The van der Waals surface area contributed by atoms with Crippen LogP contribution in [-0.2, 0) is 19.2 Å². The van der Waals surface area contributed by atoms with E-state index in [9.17, 15) is 9.50 Å². The van der Waals surface area contributed by atoms with Crippen molar-refractivity contribution in [2.45, 2.75) is 13.0 Å². The van der Waals surface area contributed by atoms with E-state index in [0.29, 0.717) is 27.4 Å². The summed E-state index contributed by atoms with van der Waals surface area (Å²) in [4.78, 5) is 45.0. The minimum Gasteiger partial charge on any atom is -0.473 e. The molecule has 15 heteroatoms. The van der Waals surface area contributed by atoms with E-state index in [1.807, 2.05) is 0 Å². The van der Waals surface area contributed by atoms with E-state index in [2.05, 4.69) is 31.2 Å². The van der Waals surface area contributed by atoms with Gasteiger partial charge in [0.25, 0.3) is 0 Å². The van der Waals surface area contributed by atoms with E-state index >= 15 is 0 Å². The summed E-state index contributed by atoms with van der Waals surface area (Å²) >= 11 is 3.10. The number of aliphatic hydroxyl groups is 2. The van der Waals surface area contributed by atoms with Gasteiger partial charge in [0.05, 0.1) is 17.2 Å². The monoisotopic (exact) mass is 535 g/mol. The Hall–Kier alpha value is -3.69.